The molecule has 3 amide bonds. The number of alkyl halides is 1. The number of ketones is 1. The molecular weight excluding hydrogens is 581 g/mol. The van der Waals surface area contributed by atoms with Crippen LogP contribution in [0.3, 0.4) is 0 Å². The van der Waals surface area contributed by atoms with Gasteiger partial charge in [-0.1, -0.05) is 68.4 Å². The predicted molar refractivity (Wildman–Crippen MR) is 166 cm³/mol. The summed E-state index contributed by atoms with van der Waals surface area (Å²) < 4.78 is 18.9. The van der Waals surface area contributed by atoms with E-state index < -0.39 is 60.6 Å². The molecule has 0 spiro atoms. The lowest BCUT2D eigenvalue weighted by Gasteiger charge is -2.24. The zero-order valence-electron chi connectivity index (χ0n) is 25.2. The minimum absolute atomic E-state index is 0.0349. The van der Waals surface area contributed by atoms with Gasteiger partial charge in [0.15, 0.2) is 5.78 Å². The Labute approximate surface area is 261 Å². The van der Waals surface area contributed by atoms with E-state index in [1.807, 2.05) is 48.5 Å². The summed E-state index contributed by atoms with van der Waals surface area (Å²) in [5.74, 6) is -5.21. The Hall–Kier alpha value is -5.06. The van der Waals surface area contributed by atoms with Crippen LogP contribution in [0.1, 0.15) is 38.7 Å². The number of ether oxygens (including phenoxy) is 1. The molecule has 3 rings (SSSR count). The number of carboxylic acid groups (broad SMARTS) is 1. The van der Waals surface area contributed by atoms with Crippen molar-refractivity contribution in [1.82, 2.24) is 10.6 Å². The van der Waals surface area contributed by atoms with E-state index in [1.54, 1.807) is 50.2 Å². The van der Waals surface area contributed by atoms with Gasteiger partial charge in [0.25, 0.3) is 0 Å². The number of benzene rings is 3. The molecule has 3 aromatic carbocycles. The summed E-state index contributed by atoms with van der Waals surface area (Å²) in [6.45, 7) is 2.08. The van der Waals surface area contributed by atoms with Crippen LogP contribution >= 0.6 is 0 Å². The highest BCUT2D eigenvalue weighted by atomic mass is 19.1. The summed E-state index contributed by atoms with van der Waals surface area (Å²) in [6, 6.07) is 22.5. The summed E-state index contributed by atoms with van der Waals surface area (Å²) in [4.78, 5) is 63.5. The van der Waals surface area contributed by atoms with Crippen LogP contribution < -0.4 is 20.7 Å². The highest BCUT2D eigenvalue weighted by Crippen LogP contribution is 2.24. The van der Waals surface area contributed by atoms with E-state index in [9.17, 15) is 28.4 Å². The summed E-state index contributed by atoms with van der Waals surface area (Å²) in [6.07, 6.45) is -0.171. The SMILES string of the molecule is CC(C)CC(C(=O)NC(CC(=O)O)C(=O)CF)C(=O)NC(CCc1ccccc1)C(=O)Nc1cccc(Oc2ccccc2)c1. The van der Waals surface area contributed by atoms with Crippen molar-refractivity contribution in [2.75, 3.05) is 12.0 Å². The van der Waals surface area contributed by atoms with Gasteiger partial charge in [0, 0.05) is 11.8 Å². The molecule has 10 nitrogen and oxygen atoms in total. The second-order valence-electron chi connectivity index (χ2n) is 11.0. The second kappa shape index (κ2) is 17.3. The van der Waals surface area contributed by atoms with Gasteiger partial charge in [-0.05, 0) is 55.0 Å². The normalized spacial score (nSPS) is 12.8. The van der Waals surface area contributed by atoms with E-state index in [0.29, 0.717) is 23.6 Å². The monoisotopic (exact) mass is 619 g/mol. The number of carbonyl (C=O) groups excluding carboxylic acids is 4. The number of para-hydroxylation sites is 1. The smallest absolute Gasteiger partial charge is 0.305 e. The number of nitrogens with one attached hydrogen (secondary N) is 3. The Morgan fingerprint density at radius 1 is 0.778 bits per heavy atom. The molecule has 238 valence electrons. The number of rotatable bonds is 17. The Bertz CT molecular complexity index is 1450. The molecule has 11 heteroatoms. The lowest BCUT2D eigenvalue weighted by Crippen LogP contribution is -2.52. The van der Waals surface area contributed by atoms with Crippen molar-refractivity contribution in [3.8, 4) is 11.5 Å². The minimum Gasteiger partial charge on any atom is -0.481 e. The third-order valence-corrected chi connectivity index (χ3v) is 6.83. The number of amides is 3. The van der Waals surface area contributed by atoms with Crippen LogP contribution in [0.25, 0.3) is 0 Å². The van der Waals surface area contributed by atoms with Crippen molar-refractivity contribution in [1.29, 1.82) is 0 Å². The fraction of sp³-hybridized carbons (Fsp3) is 0.324. The highest BCUT2D eigenvalue weighted by molar-refractivity contribution is 6.05. The van der Waals surface area contributed by atoms with Gasteiger partial charge >= 0.3 is 5.97 Å². The second-order valence-corrected chi connectivity index (χ2v) is 11.0. The Balaban J connectivity index is 1.80. The molecule has 0 bridgehead atoms. The van der Waals surface area contributed by atoms with Crippen LogP contribution in [0.4, 0.5) is 10.1 Å². The summed E-state index contributed by atoms with van der Waals surface area (Å²) in [5.41, 5.74) is 1.35. The third-order valence-electron chi connectivity index (χ3n) is 6.83. The van der Waals surface area contributed by atoms with Crippen LogP contribution in [0.2, 0.25) is 0 Å². The number of halogens is 1. The van der Waals surface area contributed by atoms with Gasteiger partial charge in [-0.2, -0.15) is 0 Å². The zero-order chi connectivity index (χ0) is 32.8. The van der Waals surface area contributed by atoms with Gasteiger partial charge in [0.1, 0.15) is 36.2 Å². The molecule has 0 aliphatic rings. The van der Waals surface area contributed by atoms with Crippen LogP contribution in [-0.2, 0) is 30.4 Å². The third kappa shape index (κ3) is 11.5. The molecule has 4 N–H and O–H groups in total. The predicted octanol–water partition coefficient (Wildman–Crippen LogP) is 4.70. The molecule has 0 radical (unpaired) electrons. The molecule has 3 unspecified atom stereocenters. The first-order chi connectivity index (χ1) is 21.5. The van der Waals surface area contributed by atoms with Crippen molar-refractivity contribution in [2.24, 2.45) is 11.8 Å². The first-order valence-electron chi connectivity index (χ1n) is 14.6. The lowest BCUT2D eigenvalue weighted by molar-refractivity contribution is -0.142. The summed E-state index contributed by atoms with van der Waals surface area (Å²) >= 11 is 0. The number of hydrogen-bond acceptors (Lipinski definition) is 6. The van der Waals surface area contributed by atoms with Crippen LogP contribution in [-0.4, -0.2) is 53.3 Å². The molecule has 0 saturated carbocycles. The maximum absolute atomic E-state index is 13.6. The van der Waals surface area contributed by atoms with E-state index in [0.717, 1.165) is 5.56 Å². The molecule has 0 fully saturated rings. The van der Waals surface area contributed by atoms with Crippen LogP contribution in [0.15, 0.2) is 84.9 Å². The first-order valence-corrected chi connectivity index (χ1v) is 14.6. The average Bonchev–Trinajstić information content (AvgIpc) is 3.01. The van der Waals surface area contributed by atoms with Gasteiger partial charge in [0.2, 0.25) is 17.7 Å². The summed E-state index contributed by atoms with van der Waals surface area (Å²) in [7, 11) is 0. The zero-order valence-corrected chi connectivity index (χ0v) is 25.2. The Morgan fingerprint density at radius 3 is 1.98 bits per heavy atom. The molecule has 3 aromatic rings. The van der Waals surface area contributed by atoms with Gasteiger partial charge in [-0.3, -0.25) is 24.0 Å². The number of carbonyl (C=O) groups is 5. The quantitative estimate of drug-likeness (QED) is 0.160. The van der Waals surface area contributed by atoms with E-state index in [4.69, 9.17) is 9.84 Å². The highest BCUT2D eigenvalue weighted by Gasteiger charge is 2.34. The van der Waals surface area contributed by atoms with Gasteiger partial charge < -0.3 is 25.8 Å². The first kappa shape index (κ1) is 34.4. The van der Waals surface area contributed by atoms with Gasteiger partial charge in [-0.15, -0.1) is 0 Å². The van der Waals surface area contributed by atoms with Gasteiger partial charge in [-0.25, -0.2) is 4.39 Å². The largest absolute Gasteiger partial charge is 0.481 e. The molecule has 0 aliphatic carbocycles. The maximum atomic E-state index is 13.6. The fourth-order valence-corrected chi connectivity index (χ4v) is 4.58. The molecule has 0 heterocycles. The van der Waals surface area contributed by atoms with Crippen molar-refractivity contribution in [2.45, 2.75) is 51.6 Å². The van der Waals surface area contributed by atoms with E-state index in [1.165, 1.54) is 0 Å². The Morgan fingerprint density at radius 2 is 1.38 bits per heavy atom. The minimum atomic E-state index is -1.63. The van der Waals surface area contributed by atoms with E-state index in [-0.39, 0.29) is 18.8 Å². The van der Waals surface area contributed by atoms with Crippen molar-refractivity contribution < 1.29 is 38.2 Å². The lowest BCUT2D eigenvalue weighted by atomic mass is 9.93. The molecule has 0 aromatic heterocycles. The number of aryl methyl sites for hydroxylation is 1. The molecule has 3 atom stereocenters. The van der Waals surface area contributed by atoms with Crippen molar-refractivity contribution in [3.05, 3.63) is 90.5 Å². The molecule has 0 saturated heterocycles. The standard InChI is InChI=1S/C34H38FN3O7/c1-22(2)18-27(33(43)38-29(20-31(40)41)30(39)21-35)32(42)37-28(17-16-23-10-5-3-6-11-23)34(44)36-24-12-9-15-26(19-24)45-25-13-7-4-8-14-25/h3-15,19,22,27-29H,16-18,20-21H2,1-2H3,(H,36,44)(H,37,42)(H,38,43)(H,40,41). The van der Waals surface area contributed by atoms with Crippen molar-refractivity contribution >= 4 is 35.2 Å². The van der Waals surface area contributed by atoms with E-state index in [2.05, 4.69) is 16.0 Å². The van der Waals surface area contributed by atoms with Crippen LogP contribution in [0.5, 0.6) is 11.5 Å². The number of aliphatic carboxylic acids is 1. The number of carboxylic acids is 1. The van der Waals surface area contributed by atoms with Gasteiger partial charge in [0.05, 0.1) is 6.42 Å². The number of anilines is 1. The average molecular weight is 620 g/mol. The maximum Gasteiger partial charge on any atom is 0.305 e. The topological polar surface area (TPSA) is 151 Å². The fourth-order valence-electron chi connectivity index (χ4n) is 4.58. The Kier molecular flexibility index (Phi) is 13.2. The molecular formula is C34H38FN3O7. The molecule has 0 aliphatic heterocycles. The van der Waals surface area contributed by atoms with E-state index >= 15 is 0 Å². The molecule has 45 heavy (non-hydrogen) atoms. The number of hydrogen-bond donors (Lipinski definition) is 4. The number of Topliss-reactive ketones (excluding diaryl/α,β-unsaturated/α-hetero) is 1. The summed E-state index contributed by atoms with van der Waals surface area (Å²) in [5, 5.41) is 16.8. The van der Waals surface area contributed by atoms with Crippen molar-refractivity contribution in [3.63, 3.8) is 0 Å². The van der Waals surface area contributed by atoms with Crippen LogP contribution in [0, 0.1) is 11.8 Å².